The molecule has 1 aliphatic heterocycles. The number of nitrogens with one attached hydrogen (secondary N) is 3. The Morgan fingerprint density at radius 2 is 2.04 bits per heavy atom. The number of urea groups is 1. The van der Waals surface area contributed by atoms with Crippen molar-refractivity contribution in [2.75, 3.05) is 25.0 Å². The first kappa shape index (κ1) is 18.2. The van der Waals surface area contributed by atoms with E-state index in [1.807, 2.05) is 13.8 Å². The summed E-state index contributed by atoms with van der Waals surface area (Å²) in [5.74, 6) is -0.457. The molecule has 1 aromatic rings. The van der Waals surface area contributed by atoms with Crippen molar-refractivity contribution in [3.8, 4) is 0 Å². The van der Waals surface area contributed by atoms with E-state index < -0.39 is 0 Å². The molecule has 132 valence electrons. The van der Waals surface area contributed by atoms with Gasteiger partial charge < -0.3 is 20.9 Å². The molecular formula is C17H25FN4O2. The van der Waals surface area contributed by atoms with Crippen LogP contribution in [0, 0.1) is 5.82 Å². The third-order valence-electron chi connectivity index (χ3n) is 3.94. The van der Waals surface area contributed by atoms with Crippen molar-refractivity contribution >= 4 is 17.6 Å². The SMILES string of the molecule is CCNC(=O)N1CC[C@H](N[C@H](C)CC(=O)Nc2ccc(F)cc2)C1. The van der Waals surface area contributed by atoms with Crippen LogP contribution in [0.5, 0.6) is 0 Å². The molecule has 1 aromatic carbocycles. The topological polar surface area (TPSA) is 73.5 Å². The summed E-state index contributed by atoms with van der Waals surface area (Å²) < 4.78 is 12.8. The van der Waals surface area contributed by atoms with Gasteiger partial charge in [0.05, 0.1) is 0 Å². The van der Waals surface area contributed by atoms with Crippen molar-refractivity contribution in [3.63, 3.8) is 0 Å². The molecule has 0 bridgehead atoms. The first-order valence-corrected chi connectivity index (χ1v) is 8.32. The molecule has 1 heterocycles. The van der Waals surface area contributed by atoms with Gasteiger partial charge in [-0.1, -0.05) is 0 Å². The summed E-state index contributed by atoms with van der Waals surface area (Å²) in [6.45, 7) is 5.83. The standard InChI is InChI=1S/C17H25FN4O2/c1-3-19-17(24)22-9-8-15(11-22)20-12(2)10-16(23)21-14-6-4-13(18)5-7-14/h4-7,12,15,20H,3,8-11H2,1-2H3,(H,19,24)(H,21,23)/t12-,15+/m1/s1. The van der Waals surface area contributed by atoms with Crippen molar-refractivity contribution in [3.05, 3.63) is 30.1 Å². The summed E-state index contributed by atoms with van der Waals surface area (Å²) in [7, 11) is 0. The number of likely N-dealkylation sites (tertiary alicyclic amines) is 1. The van der Waals surface area contributed by atoms with Crippen molar-refractivity contribution in [1.29, 1.82) is 0 Å². The maximum absolute atomic E-state index is 12.8. The van der Waals surface area contributed by atoms with E-state index in [4.69, 9.17) is 0 Å². The molecule has 2 rings (SSSR count). The van der Waals surface area contributed by atoms with Crippen molar-refractivity contribution in [1.82, 2.24) is 15.5 Å². The molecule has 1 saturated heterocycles. The zero-order valence-corrected chi connectivity index (χ0v) is 14.1. The van der Waals surface area contributed by atoms with Gasteiger partial charge in [-0.2, -0.15) is 0 Å². The maximum Gasteiger partial charge on any atom is 0.317 e. The fourth-order valence-electron chi connectivity index (χ4n) is 2.83. The van der Waals surface area contributed by atoms with E-state index >= 15 is 0 Å². The van der Waals surface area contributed by atoms with E-state index in [1.54, 1.807) is 4.90 Å². The highest BCUT2D eigenvalue weighted by Gasteiger charge is 2.27. The van der Waals surface area contributed by atoms with E-state index in [9.17, 15) is 14.0 Å². The van der Waals surface area contributed by atoms with E-state index in [1.165, 1.54) is 24.3 Å². The number of nitrogens with zero attached hydrogens (tertiary/aromatic N) is 1. The minimum Gasteiger partial charge on any atom is -0.338 e. The molecular weight excluding hydrogens is 311 g/mol. The molecule has 1 aliphatic rings. The zero-order valence-electron chi connectivity index (χ0n) is 14.1. The fourth-order valence-corrected chi connectivity index (χ4v) is 2.83. The van der Waals surface area contributed by atoms with E-state index in [2.05, 4.69) is 16.0 Å². The minimum atomic E-state index is -0.332. The van der Waals surface area contributed by atoms with Crippen LogP contribution in [-0.2, 0) is 4.79 Å². The first-order chi connectivity index (χ1) is 11.5. The number of amides is 3. The normalized spacial score (nSPS) is 18.3. The minimum absolute atomic E-state index is 0.00960. The lowest BCUT2D eigenvalue weighted by atomic mass is 10.1. The maximum atomic E-state index is 12.8. The Balaban J connectivity index is 1.73. The Hall–Kier alpha value is -2.15. The molecule has 7 heteroatoms. The van der Waals surface area contributed by atoms with Crippen LogP contribution in [0.2, 0.25) is 0 Å². The average molecular weight is 336 g/mol. The van der Waals surface area contributed by atoms with Gasteiger partial charge in [-0.3, -0.25) is 4.79 Å². The summed E-state index contributed by atoms with van der Waals surface area (Å²) in [6.07, 6.45) is 1.19. The molecule has 3 amide bonds. The van der Waals surface area contributed by atoms with Crippen LogP contribution in [-0.4, -0.2) is 48.6 Å². The van der Waals surface area contributed by atoms with Crippen molar-refractivity contribution in [2.45, 2.75) is 38.8 Å². The van der Waals surface area contributed by atoms with E-state index in [0.717, 1.165) is 13.0 Å². The van der Waals surface area contributed by atoms with Gasteiger partial charge in [-0.15, -0.1) is 0 Å². The Bertz CT molecular complexity index is 564. The quantitative estimate of drug-likeness (QED) is 0.743. The molecule has 2 atom stereocenters. The number of carbonyl (C=O) groups excluding carboxylic acids is 2. The number of rotatable bonds is 6. The number of anilines is 1. The molecule has 0 radical (unpaired) electrons. The van der Waals surface area contributed by atoms with Gasteiger partial charge in [-0.25, -0.2) is 9.18 Å². The highest BCUT2D eigenvalue weighted by atomic mass is 19.1. The van der Waals surface area contributed by atoms with Crippen LogP contribution in [0.4, 0.5) is 14.9 Å². The van der Waals surface area contributed by atoms with Crippen LogP contribution in [0.3, 0.4) is 0 Å². The summed E-state index contributed by atoms with van der Waals surface area (Å²) in [5.41, 5.74) is 0.580. The number of benzene rings is 1. The van der Waals surface area contributed by atoms with Crippen LogP contribution in [0.15, 0.2) is 24.3 Å². The van der Waals surface area contributed by atoms with Crippen LogP contribution < -0.4 is 16.0 Å². The van der Waals surface area contributed by atoms with Gasteiger partial charge >= 0.3 is 6.03 Å². The third-order valence-corrected chi connectivity index (χ3v) is 3.94. The molecule has 0 aliphatic carbocycles. The summed E-state index contributed by atoms with van der Waals surface area (Å²) in [4.78, 5) is 25.6. The fraction of sp³-hybridized carbons (Fsp3) is 0.529. The van der Waals surface area contributed by atoms with Gasteiger partial charge in [0.25, 0.3) is 0 Å². The first-order valence-electron chi connectivity index (χ1n) is 8.32. The van der Waals surface area contributed by atoms with Gasteiger partial charge in [0.2, 0.25) is 5.91 Å². The van der Waals surface area contributed by atoms with E-state index in [-0.39, 0.29) is 29.8 Å². The molecule has 3 N–H and O–H groups in total. The van der Waals surface area contributed by atoms with Crippen LogP contribution in [0.1, 0.15) is 26.7 Å². The smallest absolute Gasteiger partial charge is 0.317 e. The highest BCUT2D eigenvalue weighted by molar-refractivity contribution is 5.91. The van der Waals surface area contributed by atoms with Gasteiger partial charge in [0.15, 0.2) is 0 Å². The Morgan fingerprint density at radius 3 is 2.71 bits per heavy atom. The van der Waals surface area contributed by atoms with Crippen LogP contribution in [0.25, 0.3) is 0 Å². The molecule has 1 fully saturated rings. The van der Waals surface area contributed by atoms with E-state index in [0.29, 0.717) is 25.2 Å². The molecule has 6 nitrogen and oxygen atoms in total. The second-order valence-electron chi connectivity index (χ2n) is 6.09. The Kier molecular flexibility index (Phi) is 6.54. The Morgan fingerprint density at radius 1 is 1.33 bits per heavy atom. The number of carbonyl (C=O) groups is 2. The van der Waals surface area contributed by atoms with Gasteiger partial charge in [0.1, 0.15) is 5.82 Å². The summed E-state index contributed by atoms with van der Waals surface area (Å²) >= 11 is 0. The van der Waals surface area contributed by atoms with Gasteiger partial charge in [-0.05, 0) is 44.5 Å². The molecule has 0 spiro atoms. The highest BCUT2D eigenvalue weighted by Crippen LogP contribution is 2.12. The lowest BCUT2D eigenvalue weighted by molar-refractivity contribution is -0.116. The lowest BCUT2D eigenvalue weighted by Gasteiger charge is -2.20. The van der Waals surface area contributed by atoms with Crippen molar-refractivity contribution in [2.24, 2.45) is 0 Å². The number of hydrogen-bond acceptors (Lipinski definition) is 3. The van der Waals surface area contributed by atoms with Gasteiger partial charge in [0, 0.05) is 43.8 Å². The largest absolute Gasteiger partial charge is 0.338 e. The zero-order chi connectivity index (χ0) is 17.5. The molecule has 0 unspecified atom stereocenters. The predicted molar refractivity (Wildman–Crippen MR) is 91.3 cm³/mol. The number of halogens is 1. The predicted octanol–water partition coefficient (Wildman–Crippen LogP) is 1.94. The molecule has 0 aromatic heterocycles. The second-order valence-corrected chi connectivity index (χ2v) is 6.09. The second kappa shape index (κ2) is 8.63. The molecule has 24 heavy (non-hydrogen) atoms. The van der Waals surface area contributed by atoms with Crippen molar-refractivity contribution < 1.29 is 14.0 Å². The summed E-state index contributed by atoms with van der Waals surface area (Å²) in [5, 5.41) is 8.93. The molecule has 0 saturated carbocycles. The summed E-state index contributed by atoms with van der Waals surface area (Å²) in [6, 6.07) is 5.84. The third kappa shape index (κ3) is 5.49. The monoisotopic (exact) mass is 336 g/mol. The number of hydrogen-bond donors (Lipinski definition) is 3. The Labute approximate surface area is 141 Å². The van der Waals surface area contributed by atoms with Crippen LogP contribution >= 0.6 is 0 Å². The lowest BCUT2D eigenvalue weighted by Crippen LogP contribution is -2.43. The average Bonchev–Trinajstić information content (AvgIpc) is 2.98.